The molecule has 1 aliphatic carbocycles. The first kappa shape index (κ1) is 11.3. The number of hydrogen-bond donors (Lipinski definition) is 1. The van der Waals surface area contributed by atoms with Gasteiger partial charge in [-0.2, -0.15) is 0 Å². The fourth-order valence-corrected chi connectivity index (χ4v) is 2.83. The van der Waals surface area contributed by atoms with Crippen LogP contribution in [0.4, 0.5) is 4.39 Å². The van der Waals surface area contributed by atoms with Crippen LogP contribution in [0.1, 0.15) is 30.9 Å². The lowest BCUT2D eigenvalue weighted by atomic mass is 9.94. The Bertz CT molecular complexity index is 602. The fourth-order valence-electron chi connectivity index (χ4n) is 2.83. The van der Waals surface area contributed by atoms with Gasteiger partial charge in [0.25, 0.3) is 0 Å². The Balaban J connectivity index is 2.04. The second-order valence-corrected chi connectivity index (χ2v) is 4.79. The molecular formula is C14H13FO3. The molecule has 1 aliphatic rings. The summed E-state index contributed by atoms with van der Waals surface area (Å²) in [5.74, 6) is -1.13. The van der Waals surface area contributed by atoms with Gasteiger partial charge in [-0.15, -0.1) is 0 Å². The minimum Gasteiger partial charge on any atom is -0.481 e. The first-order valence-electron chi connectivity index (χ1n) is 6.07. The maximum atomic E-state index is 13.5. The van der Waals surface area contributed by atoms with Crippen LogP contribution >= 0.6 is 0 Å². The number of hydrogen-bond acceptors (Lipinski definition) is 2. The molecule has 3 nitrogen and oxygen atoms in total. The quantitative estimate of drug-likeness (QED) is 0.884. The van der Waals surface area contributed by atoms with Gasteiger partial charge in [-0.05, 0) is 25.0 Å². The summed E-state index contributed by atoms with van der Waals surface area (Å²) in [7, 11) is 0. The fraction of sp³-hybridized carbons (Fsp3) is 0.357. The summed E-state index contributed by atoms with van der Waals surface area (Å²) in [4.78, 5) is 11.2. The average Bonchev–Trinajstić information content (AvgIpc) is 2.95. The first-order chi connectivity index (χ1) is 8.66. The van der Waals surface area contributed by atoms with Gasteiger partial charge in [0.15, 0.2) is 11.4 Å². The van der Waals surface area contributed by atoms with Gasteiger partial charge < -0.3 is 9.52 Å². The Morgan fingerprint density at radius 3 is 2.94 bits per heavy atom. The molecule has 1 aromatic carbocycles. The van der Waals surface area contributed by atoms with E-state index in [4.69, 9.17) is 9.52 Å². The number of fused-ring (bicyclic) bond motifs is 1. The van der Waals surface area contributed by atoms with Crippen molar-refractivity contribution in [2.24, 2.45) is 5.92 Å². The van der Waals surface area contributed by atoms with E-state index in [2.05, 4.69) is 0 Å². The Kier molecular flexibility index (Phi) is 2.58. The SMILES string of the molecule is O=C(O)C1CCCC1c1cc2cccc(F)c2o1. The zero-order chi connectivity index (χ0) is 12.7. The maximum Gasteiger partial charge on any atom is 0.307 e. The molecule has 0 radical (unpaired) electrons. The highest BCUT2D eigenvalue weighted by Gasteiger charge is 2.36. The molecule has 1 heterocycles. The van der Waals surface area contributed by atoms with Crippen molar-refractivity contribution in [3.8, 4) is 0 Å². The average molecular weight is 248 g/mol. The van der Waals surface area contributed by atoms with Crippen LogP contribution in [0, 0.1) is 11.7 Å². The number of carbonyl (C=O) groups is 1. The number of carboxylic acid groups (broad SMARTS) is 1. The van der Waals surface area contributed by atoms with Crippen LogP contribution in [0.15, 0.2) is 28.7 Å². The van der Waals surface area contributed by atoms with Crippen LogP contribution in [0.25, 0.3) is 11.0 Å². The molecule has 1 fully saturated rings. The highest BCUT2D eigenvalue weighted by Crippen LogP contribution is 2.41. The van der Waals surface area contributed by atoms with Crippen LogP contribution in [-0.4, -0.2) is 11.1 Å². The minimum atomic E-state index is -0.793. The Hall–Kier alpha value is -1.84. The van der Waals surface area contributed by atoms with E-state index in [-0.39, 0.29) is 11.5 Å². The van der Waals surface area contributed by atoms with Crippen LogP contribution in [0.2, 0.25) is 0 Å². The number of benzene rings is 1. The van der Waals surface area contributed by atoms with E-state index in [9.17, 15) is 9.18 Å². The van der Waals surface area contributed by atoms with Crippen LogP contribution in [0.3, 0.4) is 0 Å². The van der Waals surface area contributed by atoms with Gasteiger partial charge in [0.2, 0.25) is 0 Å². The third-order valence-electron chi connectivity index (χ3n) is 3.71. The first-order valence-corrected chi connectivity index (χ1v) is 6.07. The maximum absolute atomic E-state index is 13.5. The monoisotopic (exact) mass is 248 g/mol. The van der Waals surface area contributed by atoms with Gasteiger partial charge in [-0.1, -0.05) is 18.6 Å². The van der Waals surface area contributed by atoms with E-state index in [1.807, 2.05) is 0 Å². The van der Waals surface area contributed by atoms with E-state index in [1.165, 1.54) is 6.07 Å². The lowest BCUT2D eigenvalue weighted by Gasteiger charge is -2.12. The molecule has 94 valence electrons. The molecule has 0 aliphatic heterocycles. The normalized spacial score (nSPS) is 23.6. The molecule has 3 rings (SSSR count). The molecule has 0 spiro atoms. The molecular weight excluding hydrogens is 235 g/mol. The van der Waals surface area contributed by atoms with Crippen LogP contribution < -0.4 is 0 Å². The summed E-state index contributed by atoms with van der Waals surface area (Å²) in [5.41, 5.74) is 0.225. The molecule has 18 heavy (non-hydrogen) atoms. The van der Waals surface area contributed by atoms with E-state index in [1.54, 1.807) is 18.2 Å². The molecule has 2 aromatic rings. The summed E-state index contributed by atoms with van der Waals surface area (Å²) in [5, 5.41) is 9.85. The molecule has 1 aromatic heterocycles. The highest BCUT2D eigenvalue weighted by atomic mass is 19.1. The standard InChI is InChI=1S/C14H13FO3/c15-11-6-1-3-8-7-12(18-13(8)11)9-4-2-5-10(9)14(16)17/h1,3,6-7,9-10H,2,4-5H2,(H,16,17). The van der Waals surface area contributed by atoms with Crippen molar-refractivity contribution in [2.75, 3.05) is 0 Å². The van der Waals surface area contributed by atoms with Gasteiger partial charge in [-0.25, -0.2) is 4.39 Å². The largest absolute Gasteiger partial charge is 0.481 e. The van der Waals surface area contributed by atoms with Gasteiger partial charge >= 0.3 is 5.97 Å². The Morgan fingerprint density at radius 2 is 2.22 bits per heavy atom. The summed E-state index contributed by atoms with van der Waals surface area (Å²) in [6.45, 7) is 0. The topological polar surface area (TPSA) is 50.4 Å². The highest BCUT2D eigenvalue weighted by molar-refractivity contribution is 5.79. The van der Waals surface area contributed by atoms with E-state index < -0.39 is 17.7 Å². The van der Waals surface area contributed by atoms with Crippen molar-refractivity contribution in [2.45, 2.75) is 25.2 Å². The molecule has 1 N–H and O–H groups in total. The van der Waals surface area contributed by atoms with Crippen molar-refractivity contribution >= 4 is 16.9 Å². The number of para-hydroxylation sites is 1. The zero-order valence-electron chi connectivity index (χ0n) is 9.73. The predicted molar refractivity (Wildman–Crippen MR) is 63.9 cm³/mol. The van der Waals surface area contributed by atoms with E-state index in [0.717, 1.165) is 12.8 Å². The molecule has 0 amide bonds. The molecule has 0 saturated heterocycles. The van der Waals surface area contributed by atoms with Gasteiger partial charge in [0.1, 0.15) is 5.76 Å². The number of furan rings is 1. The van der Waals surface area contributed by atoms with Crippen molar-refractivity contribution in [3.05, 3.63) is 35.8 Å². The van der Waals surface area contributed by atoms with E-state index >= 15 is 0 Å². The van der Waals surface area contributed by atoms with Gasteiger partial charge in [0.05, 0.1) is 5.92 Å². The van der Waals surface area contributed by atoms with Crippen molar-refractivity contribution in [1.82, 2.24) is 0 Å². The van der Waals surface area contributed by atoms with Crippen molar-refractivity contribution in [1.29, 1.82) is 0 Å². The molecule has 4 heteroatoms. The number of carboxylic acids is 1. The summed E-state index contributed by atoms with van der Waals surface area (Å²) in [6, 6.07) is 6.51. The summed E-state index contributed by atoms with van der Waals surface area (Å²) in [6.07, 6.45) is 2.33. The number of halogens is 1. The molecule has 0 bridgehead atoms. The lowest BCUT2D eigenvalue weighted by molar-refractivity contribution is -0.142. The molecule has 1 saturated carbocycles. The lowest BCUT2D eigenvalue weighted by Crippen LogP contribution is -2.16. The van der Waals surface area contributed by atoms with Crippen LogP contribution in [-0.2, 0) is 4.79 Å². The second-order valence-electron chi connectivity index (χ2n) is 4.79. The summed E-state index contributed by atoms with van der Waals surface area (Å²) >= 11 is 0. The second kappa shape index (κ2) is 4.12. The third-order valence-corrected chi connectivity index (χ3v) is 3.71. The predicted octanol–water partition coefficient (Wildman–Crippen LogP) is 3.54. The van der Waals surface area contributed by atoms with Crippen molar-refractivity contribution < 1.29 is 18.7 Å². The Labute approximate surface area is 103 Å². The smallest absolute Gasteiger partial charge is 0.307 e. The zero-order valence-corrected chi connectivity index (χ0v) is 9.73. The van der Waals surface area contributed by atoms with E-state index in [0.29, 0.717) is 17.6 Å². The van der Waals surface area contributed by atoms with Gasteiger partial charge in [0, 0.05) is 11.3 Å². The Morgan fingerprint density at radius 1 is 1.39 bits per heavy atom. The number of rotatable bonds is 2. The van der Waals surface area contributed by atoms with Crippen LogP contribution in [0.5, 0.6) is 0 Å². The van der Waals surface area contributed by atoms with Gasteiger partial charge in [-0.3, -0.25) is 4.79 Å². The number of aliphatic carboxylic acids is 1. The minimum absolute atomic E-state index is 0.130. The van der Waals surface area contributed by atoms with Crippen molar-refractivity contribution in [3.63, 3.8) is 0 Å². The molecule has 2 atom stereocenters. The molecule has 2 unspecified atom stereocenters. The summed E-state index contributed by atoms with van der Waals surface area (Å²) < 4.78 is 19.1. The third kappa shape index (κ3) is 1.68.